The Hall–Kier alpha value is -0.770. The minimum Gasteiger partial charge on any atom is -0.489 e. The molecule has 112 valence electrons. The highest BCUT2D eigenvalue weighted by atomic mass is 35.5. The van der Waals surface area contributed by atoms with Crippen molar-refractivity contribution < 1.29 is 9.47 Å². The summed E-state index contributed by atoms with van der Waals surface area (Å²) in [6, 6.07) is 5.90. The molecule has 1 atom stereocenters. The zero-order valence-corrected chi connectivity index (χ0v) is 13.1. The van der Waals surface area contributed by atoms with Crippen LogP contribution in [0.15, 0.2) is 18.2 Å². The third-order valence-electron chi connectivity index (χ3n) is 3.35. The van der Waals surface area contributed by atoms with E-state index < -0.39 is 0 Å². The molecule has 1 aliphatic heterocycles. The lowest BCUT2D eigenvalue weighted by molar-refractivity contribution is 0.0676. The van der Waals surface area contributed by atoms with Crippen LogP contribution < -0.4 is 10.1 Å². The first-order valence-corrected chi connectivity index (χ1v) is 7.77. The van der Waals surface area contributed by atoms with E-state index in [4.69, 9.17) is 21.1 Å². The molecule has 0 bridgehead atoms. The molecule has 0 saturated carbocycles. The van der Waals surface area contributed by atoms with Crippen molar-refractivity contribution in [1.82, 2.24) is 5.32 Å². The molecule has 1 aromatic carbocycles. The second-order valence-electron chi connectivity index (χ2n) is 5.70. The van der Waals surface area contributed by atoms with Crippen LogP contribution in [-0.4, -0.2) is 25.9 Å². The number of rotatable bonds is 7. The minimum absolute atomic E-state index is 0.211. The fraction of sp³-hybridized carbons (Fsp3) is 0.625. The van der Waals surface area contributed by atoms with Gasteiger partial charge < -0.3 is 14.8 Å². The molecule has 1 aromatic rings. The molecule has 3 nitrogen and oxygen atoms in total. The quantitative estimate of drug-likeness (QED) is 0.833. The van der Waals surface area contributed by atoms with Crippen molar-refractivity contribution >= 4 is 11.6 Å². The standard InChI is InChI=1S/C16H24ClNO2/c1-12(2)9-18-10-13-5-3-7-15(17)16(13)20-11-14-6-4-8-19-14/h3,5,7,12,14,18H,4,6,8-11H2,1-2H3. The summed E-state index contributed by atoms with van der Waals surface area (Å²) in [5, 5.41) is 4.10. The van der Waals surface area contributed by atoms with Gasteiger partial charge in [-0.3, -0.25) is 0 Å². The van der Waals surface area contributed by atoms with E-state index in [9.17, 15) is 0 Å². The Bertz CT molecular complexity index is 417. The molecule has 0 aliphatic carbocycles. The zero-order valence-electron chi connectivity index (χ0n) is 12.3. The molecule has 1 N–H and O–H groups in total. The monoisotopic (exact) mass is 297 g/mol. The fourth-order valence-electron chi connectivity index (χ4n) is 2.30. The average Bonchev–Trinajstić information content (AvgIpc) is 2.90. The molecule has 1 unspecified atom stereocenters. The van der Waals surface area contributed by atoms with E-state index in [-0.39, 0.29) is 6.10 Å². The third kappa shape index (κ3) is 4.65. The first kappa shape index (κ1) is 15.6. The van der Waals surface area contributed by atoms with Crippen molar-refractivity contribution in [2.45, 2.75) is 39.3 Å². The van der Waals surface area contributed by atoms with Gasteiger partial charge in [-0.15, -0.1) is 0 Å². The minimum atomic E-state index is 0.211. The Morgan fingerprint density at radius 2 is 2.30 bits per heavy atom. The zero-order chi connectivity index (χ0) is 14.4. The molecular formula is C16H24ClNO2. The van der Waals surface area contributed by atoms with E-state index >= 15 is 0 Å². The van der Waals surface area contributed by atoms with Crippen LogP contribution in [-0.2, 0) is 11.3 Å². The SMILES string of the molecule is CC(C)CNCc1cccc(Cl)c1OCC1CCCO1. The van der Waals surface area contributed by atoms with E-state index in [0.29, 0.717) is 17.5 Å². The molecule has 0 aromatic heterocycles. The number of hydrogen-bond donors (Lipinski definition) is 1. The maximum Gasteiger partial charge on any atom is 0.142 e. The summed E-state index contributed by atoms with van der Waals surface area (Å²) in [5.74, 6) is 1.42. The Kier molecular flexibility index (Phi) is 6.14. The number of ether oxygens (including phenoxy) is 2. The topological polar surface area (TPSA) is 30.5 Å². The Labute approximate surface area is 126 Å². The molecule has 1 fully saturated rings. The molecule has 1 saturated heterocycles. The Morgan fingerprint density at radius 1 is 1.45 bits per heavy atom. The first-order valence-electron chi connectivity index (χ1n) is 7.39. The third-order valence-corrected chi connectivity index (χ3v) is 3.65. The maximum atomic E-state index is 6.26. The predicted molar refractivity (Wildman–Crippen MR) is 82.5 cm³/mol. The first-order chi connectivity index (χ1) is 9.66. The van der Waals surface area contributed by atoms with E-state index in [1.54, 1.807) is 0 Å². The number of nitrogens with one attached hydrogen (secondary N) is 1. The van der Waals surface area contributed by atoms with E-state index in [1.807, 2.05) is 12.1 Å². The van der Waals surface area contributed by atoms with Gasteiger partial charge in [0, 0.05) is 18.7 Å². The average molecular weight is 298 g/mol. The number of para-hydroxylation sites is 1. The largest absolute Gasteiger partial charge is 0.489 e. The summed E-state index contributed by atoms with van der Waals surface area (Å²) in [5.41, 5.74) is 1.11. The van der Waals surface area contributed by atoms with Crippen LogP contribution >= 0.6 is 11.6 Å². The maximum absolute atomic E-state index is 6.26. The van der Waals surface area contributed by atoms with Crippen LogP contribution in [0.4, 0.5) is 0 Å². The lowest BCUT2D eigenvalue weighted by Crippen LogP contribution is -2.21. The number of hydrogen-bond acceptors (Lipinski definition) is 3. The van der Waals surface area contributed by atoms with Gasteiger partial charge in [0.2, 0.25) is 0 Å². The van der Waals surface area contributed by atoms with Crippen LogP contribution in [0.5, 0.6) is 5.75 Å². The Morgan fingerprint density at radius 3 is 3.00 bits per heavy atom. The van der Waals surface area contributed by atoms with Gasteiger partial charge in [-0.05, 0) is 31.4 Å². The Balaban J connectivity index is 1.94. The van der Waals surface area contributed by atoms with Crippen LogP contribution in [0, 0.1) is 5.92 Å². The van der Waals surface area contributed by atoms with E-state index in [2.05, 4.69) is 25.2 Å². The van der Waals surface area contributed by atoms with Gasteiger partial charge in [0.15, 0.2) is 0 Å². The van der Waals surface area contributed by atoms with E-state index in [1.165, 1.54) is 0 Å². The fourth-order valence-corrected chi connectivity index (χ4v) is 2.55. The summed E-state index contributed by atoms with van der Waals surface area (Å²) in [6.45, 7) is 7.58. The molecule has 1 aliphatic rings. The molecular weight excluding hydrogens is 274 g/mol. The van der Waals surface area contributed by atoms with Gasteiger partial charge in [0.1, 0.15) is 12.4 Å². The number of halogens is 1. The van der Waals surface area contributed by atoms with Gasteiger partial charge in [-0.2, -0.15) is 0 Å². The predicted octanol–water partition coefficient (Wildman–Crippen LogP) is 3.64. The molecule has 0 radical (unpaired) electrons. The highest BCUT2D eigenvalue weighted by Gasteiger charge is 2.17. The highest BCUT2D eigenvalue weighted by molar-refractivity contribution is 6.32. The van der Waals surface area contributed by atoms with Crippen LogP contribution in [0.25, 0.3) is 0 Å². The molecule has 0 spiro atoms. The summed E-state index contributed by atoms with van der Waals surface area (Å²) in [6.07, 6.45) is 2.41. The second kappa shape index (κ2) is 7.87. The summed E-state index contributed by atoms with van der Waals surface area (Å²) in [7, 11) is 0. The van der Waals surface area contributed by atoms with Crippen LogP contribution in [0.2, 0.25) is 5.02 Å². The summed E-state index contributed by atoms with van der Waals surface area (Å²) < 4.78 is 11.5. The van der Waals surface area contributed by atoms with Crippen LogP contribution in [0.3, 0.4) is 0 Å². The molecule has 4 heteroatoms. The van der Waals surface area contributed by atoms with E-state index in [0.717, 1.165) is 43.9 Å². The van der Waals surface area contributed by atoms with Crippen molar-refractivity contribution in [2.75, 3.05) is 19.8 Å². The van der Waals surface area contributed by atoms with Gasteiger partial charge in [0.05, 0.1) is 11.1 Å². The second-order valence-corrected chi connectivity index (χ2v) is 6.11. The molecule has 1 heterocycles. The van der Waals surface area contributed by atoms with Crippen molar-refractivity contribution in [3.63, 3.8) is 0 Å². The van der Waals surface area contributed by atoms with Crippen molar-refractivity contribution in [2.24, 2.45) is 5.92 Å². The van der Waals surface area contributed by atoms with Crippen LogP contribution in [0.1, 0.15) is 32.3 Å². The lowest BCUT2D eigenvalue weighted by atomic mass is 10.1. The summed E-state index contributed by atoms with van der Waals surface area (Å²) >= 11 is 6.26. The smallest absolute Gasteiger partial charge is 0.142 e. The van der Waals surface area contributed by atoms with Crippen molar-refractivity contribution in [3.05, 3.63) is 28.8 Å². The van der Waals surface area contributed by atoms with Gasteiger partial charge in [0.25, 0.3) is 0 Å². The van der Waals surface area contributed by atoms with Gasteiger partial charge in [-0.25, -0.2) is 0 Å². The highest BCUT2D eigenvalue weighted by Crippen LogP contribution is 2.29. The van der Waals surface area contributed by atoms with Gasteiger partial charge >= 0.3 is 0 Å². The van der Waals surface area contributed by atoms with Gasteiger partial charge in [-0.1, -0.05) is 37.6 Å². The van der Waals surface area contributed by atoms with Crippen molar-refractivity contribution in [1.29, 1.82) is 0 Å². The number of benzene rings is 1. The lowest BCUT2D eigenvalue weighted by Gasteiger charge is -2.16. The van der Waals surface area contributed by atoms with Crippen molar-refractivity contribution in [3.8, 4) is 5.75 Å². The molecule has 2 rings (SSSR count). The normalized spacial score (nSPS) is 18.7. The summed E-state index contributed by atoms with van der Waals surface area (Å²) in [4.78, 5) is 0. The molecule has 0 amide bonds. The molecule has 20 heavy (non-hydrogen) atoms.